The van der Waals surface area contributed by atoms with Crippen LogP contribution in [0.1, 0.15) is 36.8 Å². The van der Waals surface area contributed by atoms with Crippen molar-refractivity contribution >= 4 is 0 Å². The van der Waals surface area contributed by atoms with Gasteiger partial charge >= 0.3 is 0 Å². The van der Waals surface area contributed by atoms with Gasteiger partial charge in [0.15, 0.2) is 11.5 Å². The summed E-state index contributed by atoms with van der Waals surface area (Å²) in [6, 6.07) is 16.4. The summed E-state index contributed by atoms with van der Waals surface area (Å²) in [5, 5.41) is 3.63. The van der Waals surface area contributed by atoms with Gasteiger partial charge in [0.05, 0.1) is 19.3 Å². The first-order chi connectivity index (χ1) is 13.1. The molecule has 0 bridgehead atoms. The summed E-state index contributed by atoms with van der Waals surface area (Å²) in [7, 11) is 3.68. The van der Waals surface area contributed by atoms with Crippen molar-refractivity contribution < 1.29 is 9.47 Å². The lowest BCUT2D eigenvalue weighted by molar-refractivity contribution is 0.230. The van der Waals surface area contributed by atoms with E-state index >= 15 is 0 Å². The van der Waals surface area contributed by atoms with Crippen LogP contribution in [0.5, 0.6) is 11.5 Å². The summed E-state index contributed by atoms with van der Waals surface area (Å²) in [6.07, 6.45) is 3.90. The molecule has 0 saturated carbocycles. The van der Waals surface area contributed by atoms with E-state index in [4.69, 9.17) is 9.47 Å². The molecule has 5 nitrogen and oxygen atoms in total. The highest BCUT2D eigenvalue weighted by atomic mass is 16.5. The van der Waals surface area contributed by atoms with Crippen LogP contribution in [-0.2, 0) is 13.6 Å². The molecule has 0 saturated heterocycles. The lowest BCUT2D eigenvalue weighted by Crippen LogP contribution is -2.24. The predicted octanol–water partition coefficient (Wildman–Crippen LogP) is 4.10. The average Bonchev–Trinajstić information content (AvgIpc) is 3.09. The number of benzene rings is 2. The smallest absolute Gasteiger partial charge is 0.161 e. The highest BCUT2D eigenvalue weighted by molar-refractivity contribution is 5.43. The number of ether oxygens (including phenoxy) is 2. The Kier molecular flexibility index (Phi) is 6.14. The topological polar surface area (TPSA) is 48.3 Å². The number of nitrogens with one attached hydrogen (secondary N) is 1. The van der Waals surface area contributed by atoms with E-state index in [1.165, 1.54) is 5.56 Å². The molecule has 5 heteroatoms. The van der Waals surface area contributed by atoms with Crippen molar-refractivity contribution in [1.29, 1.82) is 0 Å². The number of aromatic nitrogens is 2. The van der Waals surface area contributed by atoms with Crippen molar-refractivity contribution in [3.63, 3.8) is 0 Å². The van der Waals surface area contributed by atoms with E-state index < -0.39 is 0 Å². The Morgan fingerprint density at radius 1 is 1.07 bits per heavy atom. The molecule has 142 valence electrons. The first-order valence-electron chi connectivity index (χ1n) is 9.17. The third-order valence-corrected chi connectivity index (χ3v) is 4.35. The Morgan fingerprint density at radius 2 is 1.85 bits per heavy atom. The minimum Gasteiger partial charge on any atom is -0.493 e. The van der Waals surface area contributed by atoms with E-state index in [0.717, 1.165) is 22.9 Å². The number of rotatable bonds is 8. The zero-order valence-electron chi connectivity index (χ0n) is 16.3. The van der Waals surface area contributed by atoms with Crippen molar-refractivity contribution in [1.82, 2.24) is 14.9 Å². The van der Waals surface area contributed by atoms with Gasteiger partial charge < -0.3 is 14.0 Å². The molecule has 1 aromatic heterocycles. The lowest BCUT2D eigenvalue weighted by atomic mass is 10.1. The number of hydrogen-bond donors (Lipinski definition) is 1. The molecule has 27 heavy (non-hydrogen) atoms. The maximum atomic E-state index is 5.80. The first-order valence-corrected chi connectivity index (χ1v) is 9.17. The van der Waals surface area contributed by atoms with Gasteiger partial charge in [0.2, 0.25) is 0 Å². The van der Waals surface area contributed by atoms with Crippen LogP contribution in [0.4, 0.5) is 0 Å². The maximum Gasteiger partial charge on any atom is 0.161 e. The molecule has 0 aliphatic rings. The van der Waals surface area contributed by atoms with Crippen LogP contribution < -0.4 is 14.8 Å². The zero-order valence-corrected chi connectivity index (χ0v) is 16.3. The molecule has 0 amide bonds. The Morgan fingerprint density at radius 3 is 2.48 bits per heavy atom. The van der Waals surface area contributed by atoms with Crippen LogP contribution in [-0.4, -0.2) is 22.8 Å². The van der Waals surface area contributed by atoms with E-state index in [1.807, 2.05) is 68.2 Å². The highest BCUT2D eigenvalue weighted by Crippen LogP contribution is 2.29. The van der Waals surface area contributed by atoms with Gasteiger partial charge in [-0.15, -0.1) is 0 Å². The molecule has 2 aromatic carbocycles. The molecule has 0 unspecified atom stereocenters. The molecule has 0 fully saturated rings. The van der Waals surface area contributed by atoms with Crippen molar-refractivity contribution in [2.45, 2.75) is 32.5 Å². The zero-order chi connectivity index (χ0) is 19.2. The molecule has 3 aromatic rings. The van der Waals surface area contributed by atoms with Crippen LogP contribution in [0.2, 0.25) is 0 Å². The van der Waals surface area contributed by atoms with E-state index in [1.54, 1.807) is 7.11 Å². The van der Waals surface area contributed by atoms with Crippen molar-refractivity contribution in [2.24, 2.45) is 7.05 Å². The number of methoxy groups -OCH3 is 1. The fourth-order valence-electron chi connectivity index (χ4n) is 3.05. The second-order valence-corrected chi connectivity index (χ2v) is 6.77. The molecule has 0 radical (unpaired) electrons. The lowest BCUT2D eigenvalue weighted by Gasteiger charge is -2.20. The fourth-order valence-corrected chi connectivity index (χ4v) is 3.05. The van der Waals surface area contributed by atoms with Crippen molar-refractivity contribution in [3.8, 4) is 11.5 Å². The predicted molar refractivity (Wildman–Crippen MR) is 107 cm³/mol. The normalized spacial score (nSPS) is 12.2. The SMILES string of the molecule is COc1cc(CN[C@@H](c2ccccc2)c2nccn2C)ccc1OC(C)C. The molecule has 1 heterocycles. The molecule has 3 rings (SSSR count). The standard InChI is InChI=1S/C22H27N3O2/c1-16(2)27-19-11-10-17(14-20(19)26-4)15-24-21(18-8-6-5-7-9-18)22-23-12-13-25(22)3/h5-14,16,21,24H,15H2,1-4H3/t21-/m0/s1. The quantitative estimate of drug-likeness (QED) is 0.653. The molecular weight excluding hydrogens is 338 g/mol. The van der Waals surface area contributed by atoms with Crippen LogP contribution in [0.15, 0.2) is 60.9 Å². The third-order valence-electron chi connectivity index (χ3n) is 4.35. The van der Waals surface area contributed by atoms with Gasteiger partial charge in [-0.05, 0) is 37.1 Å². The van der Waals surface area contributed by atoms with Gasteiger partial charge in [0.1, 0.15) is 5.82 Å². The summed E-state index contributed by atoms with van der Waals surface area (Å²) in [5.74, 6) is 2.49. The summed E-state index contributed by atoms with van der Waals surface area (Å²) >= 11 is 0. The van der Waals surface area contributed by atoms with E-state index in [2.05, 4.69) is 28.5 Å². The number of imidazole rings is 1. The van der Waals surface area contributed by atoms with Gasteiger partial charge in [-0.2, -0.15) is 0 Å². The van der Waals surface area contributed by atoms with Crippen LogP contribution >= 0.6 is 0 Å². The average molecular weight is 365 g/mol. The molecular formula is C22H27N3O2. The molecule has 1 N–H and O–H groups in total. The second-order valence-electron chi connectivity index (χ2n) is 6.77. The van der Waals surface area contributed by atoms with Gasteiger partial charge in [0.25, 0.3) is 0 Å². The van der Waals surface area contributed by atoms with Crippen molar-refractivity contribution in [2.75, 3.05) is 7.11 Å². The minimum atomic E-state index is 0.00351. The van der Waals surface area contributed by atoms with E-state index in [-0.39, 0.29) is 12.1 Å². The summed E-state index contributed by atoms with van der Waals surface area (Å²) in [4.78, 5) is 4.54. The summed E-state index contributed by atoms with van der Waals surface area (Å²) in [5.41, 5.74) is 2.30. The Hall–Kier alpha value is -2.79. The number of nitrogens with zero attached hydrogens (tertiary/aromatic N) is 2. The van der Waals surface area contributed by atoms with E-state index in [0.29, 0.717) is 6.54 Å². The molecule has 0 spiro atoms. The third kappa shape index (κ3) is 4.68. The van der Waals surface area contributed by atoms with Crippen LogP contribution in [0.3, 0.4) is 0 Å². The summed E-state index contributed by atoms with van der Waals surface area (Å²) < 4.78 is 13.3. The second kappa shape index (κ2) is 8.73. The van der Waals surface area contributed by atoms with E-state index in [9.17, 15) is 0 Å². The minimum absolute atomic E-state index is 0.00351. The molecule has 1 atom stereocenters. The Bertz CT molecular complexity index is 859. The summed E-state index contributed by atoms with van der Waals surface area (Å²) in [6.45, 7) is 4.70. The van der Waals surface area contributed by atoms with Crippen LogP contribution in [0.25, 0.3) is 0 Å². The van der Waals surface area contributed by atoms with Crippen molar-refractivity contribution in [3.05, 3.63) is 77.9 Å². The number of aryl methyl sites for hydroxylation is 1. The molecule has 0 aliphatic heterocycles. The van der Waals surface area contributed by atoms with Crippen LogP contribution in [0, 0.1) is 0 Å². The fraction of sp³-hybridized carbons (Fsp3) is 0.318. The first kappa shape index (κ1) is 19.0. The Balaban J connectivity index is 1.81. The van der Waals surface area contributed by atoms with Gasteiger partial charge in [-0.25, -0.2) is 4.98 Å². The molecule has 0 aliphatic carbocycles. The van der Waals surface area contributed by atoms with Gasteiger partial charge in [-0.1, -0.05) is 36.4 Å². The monoisotopic (exact) mass is 365 g/mol. The maximum absolute atomic E-state index is 5.80. The number of hydrogen-bond acceptors (Lipinski definition) is 4. The highest BCUT2D eigenvalue weighted by Gasteiger charge is 2.18. The largest absolute Gasteiger partial charge is 0.493 e. The van der Waals surface area contributed by atoms with Gasteiger partial charge in [-0.3, -0.25) is 5.32 Å². The van der Waals surface area contributed by atoms with Gasteiger partial charge in [0, 0.05) is 26.0 Å². The Labute approximate surface area is 161 Å².